The van der Waals surface area contributed by atoms with Gasteiger partial charge in [-0.2, -0.15) is 0 Å². The molecule has 0 aliphatic heterocycles. The van der Waals surface area contributed by atoms with Crippen molar-refractivity contribution in [1.29, 1.82) is 0 Å². The van der Waals surface area contributed by atoms with Gasteiger partial charge in [0.1, 0.15) is 0 Å². The molecule has 1 rings (SSSR count). The third-order valence-corrected chi connectivity index (χ3v) is 1.64. The minimum atomic E-state index is 1.07. The summed E-state index contributed by atoms with van der Waals surface area (Å²) in [6.07, 6.45) is 5.17. The molecule has 0 aliphatic carbocycles. The molecule has 0 heterocycles. The first-order valence-electron chi connectivity index (χ1n) is 3.93. The Hall–Kier alpha value is -1.04. The summed E-state index contributed by atoms with van der Waals surface area (Å²) in [5, 5.41) is 0. The average Bonchev–Trinajstić information content (AvgIpc) is 2.06. The van der Waals surface area contributed by atoms with Crippen LogP contribution in [-0.4, -0.2) is 0 Å². The second-order valence-corrected chi connectivity index (χ2v) is 2.45. The largest absolute Gasteiger partial charge is 0.0985 e. The van der Waals surface area contributed by atoms with Crippen LogP contribution in [0.1, 0.15) is 24.5 Å². The zero-order valence-corrected chi connectivity index (χ0v) is 6.88. The van der Waals surface area contributed by atoms with Crippen molar-refractivity contribution < 1.29 is 0 Å². The first kappa shape index (κ1) is 8.06. The highest BCUT2D eigenvalue weighted by Gasteiger charge is 1.94. The van der Waals surface area contributed by atoms with Gasteiger partial charge in [-0.25, -0.2) is 0 Å². The Balaban J connectivity index is 2.92. The lowest BCUT2D eigenvalue weighted by Crippen LogP contribution is -1.83. The molecular weight excluding hydrogens is 132 g/mol. The van der Waals surface area contributed by atoms with Crippen LogP contribution < -0.4 is 0 Å². The van der Waals surface area contributed by atoms with E-state index in [2.05, 4.69) is 38.1 Å². The Bertz CT molecular complexity index is 236. The van der Waals surface area contributed by atoms with Crippen LogP contribution in [-0.2, 0) is 0 Å². The summed E-state index contributed by atoms with van der Waals surface area (Å²) in [5.74, 6) is 0. The molecule has 57 valence electrons. The van der Waals surface area contributed by atoms with Gasteiger partial charge in [0.2, 0.25) is 0 Å². The van der Waals surface area contributed by atoms with Crippen LogP contribution in [0.5, 0.6) is 0 Å². The third-order valence-electron chi connectivity index (χ3n) is 1.64. The van der Waals surface area contributed by atoms with Gasteiger partial charge < -0.3 is 0 Å². The van der Waals surface area contributed by atoms with Gasteiger partial charge in [-0.1, -0.05) is 43.8 Å². The predicted octanol–water partition coefficient (Wildman–Crippen LogP) is 3.29. The maximum atomic E-state index is 3.75. The Kier molecular flexibility index (Phi) is 2.91. The summed E-state index contributed by atoms with van der Waals surface area (Å²) in [6, 6.07) is 8.27. The predicted molar refractivity (Wildman–Crippen MR) is 50.2 cm³/mol. The van der Waals surface area contributed by atoms with E-state index >= 15 is 0 Å². The molecule has 0 heteroatoms. The molecular formula is C11H13. The van der Waals surface area contributed by atoms with E-state index in [-0.39, 0.29) is 0 Å². The lowest BCUT2D eigenvalue weighted by Gasteiger charge is -2.01. The van der Waals surface area contributed by atoms with Crippen LogP contribution in [0, 0.1) is 6.42 Å². The summed E-state index contributed by atoms with van der Waals surface area (Å²) in [5.41, 5.74) is 2.50. The van der Waals surface area contributed by atoms with Crippen molar-refractivity contribution in [2.75, 3.05) is 0 Å². The maximum absolute atomic E-state index is 3.75. The van der Waals surface area contributed by atoms with E-state index < -0.39 is 0 Å². The zero-order chi connectivity index (χ0) is 8.10. The van der Waals surface area contributed by atoms with Gasteiger partial charge in [-0.05, 0) is 24.0 Å². The molecule has 1 aromatic rings. The van der Waals surface area contributed by atoms with Gasteiger partial charge in [0.15, 0.2) is 0 Å². The molecule has 0 bridgehead atoms. The zero-order valence-electron chi connectivity index (χ0n) is 6.88. The highest BCUT2D eigenvalue weighted by Crippen LogP contribution is 2.13. The van der Waals surface area contributed by atoms with Gasteiger partial charge in [0.25, 0.3) is 0 Å². The first-order chi connectivity index (χ1) is 5.38. The lowest BCUT2D eigenvalue weighted by molar-refractivity contribution is 1.12. The van der Waals surface area contributed by atoms with Crippen molar-refractivity contribution in [3.63, 3.8) is 0 Å². The standard InChI is InChI=1S/C11H13/c1-3-7-11-9-6-5-8-10(11)4-2/h4-9H,2-3H2,1H3. The van der Waals surface area contributed by atoms with Crippen LogP contribution in [0.2, 0.25) is 0 Å². The van der Waals surface area contributed by atoms with E-state index in [1.165, 1.54) is 11.1 Å². The maximum Gasteiger partial charge on any atom is -0.00897 e. The summed E-state index contributed by atoms with van der Waals surface area (Å²) >= 11 is 0. The SMILES string of the molecule is C=Cc1ccccc1[CH]CC. The molecule has 0 aromatic heterocycles. The van der Waals surface area contributed by atoms with Crippen molar-refractivity contribution in [3.05, 3.63) is 48.4 Å². The lowest BCUT2D eigenvalue weighted by atomic mass is 10.0. The Morgan fingerprint density at radius 2 is 1.91 bits per heavy atom. The number of rotatable bonds is 3. The fourth-order valence-corrected chi connectivity index (χ4v) is 1.10. The quantitative estimate of drug-likeness (QED) is 0.612. The third kappa shape index (κ3) is 1.94. The molecule has 11 heavy (non-hydrogen) atoms. The number of hydrogen-bond donors (Lipinski definition) is 0. The first-order valence-corrected chi connectivity index (χ1v) is 3.93. The average molecular weight is 145 g/mol. The van der Waals surface area contributed by atoms with Crippen molar-refractivity contribution in [2.24, 2.45) is 0 Å². The molecule has 0 aliphatic rings. The minimum Gasteiger partial charge on any atom is -0.0985 e. The topological polar surface area (TPSA) is 0 Å². The van der Waals surface area contributed by atoms with E-state index in [0.717, 1.165) is 6.42 Å². The van der Waals surface area contributed by atoms with Gasteiger partial charge in [-0.15, -0.1) is 0 Å². The fourth-order valence-electron chi connectivity index (χ4n) is 1.10. The molecule has 1 aromatic carbocycles. The summed E-state index contributed by atoms with van der Waals surface area (Å²) in [7, 11) is 0. The van der Waals surface area contributed by atoms with Gasteiger partial charge >= 0.3 is 0 Å². The molecule has 0 saturated heterocycles. The molecule has 0 fully saturated rings. The molecule has 0 N–H and O–H groups in total. The van der Waals surface area contributed by atoms with Crippen LogP contribution >= 0.6 is 0 Å². The van der Waals surface area contributed by atoms with Crippen LogP contribution in [0.4, 0.5) is 0 Å². The minimum absolute atomic E-state index is 1.07. The smallest absolute Gasteiger partial charge is 0.00897 e. The highest BCUT2D eigenvalue weighted by atomic mass is 14.0. The molecule has 0 spiro atoms. The number of benzene rings is 1. The van der Waals surface area contributed by atoms with Crippen molar-refractivity contribution >= 4 is 6.08 Å². The van der Waals surface area contributed by atoms with Gasteiger partial charge in [0.05, 0.1) is 0 Å². The molecule has 1 radical (unpaired) electrons. The molecule has 0 amide bonds. The summed E-state index contributed by atoms with van der Waals surface area (Å²) in [6.45, 7) is 5.89. The van der Waals surface area contributed by atoms with E-state index in [0.29, 0.717) is 0 Å². The van der Waals surface area contributed by atoms with Crippen molar-refractivity contribution in [3.8, 4) is 0 Å². The van der Waals surface area contributed by atoms with E-state index in [1.807, 2.05) is 12.1 Å². The van der Waals surface area contributed by atoms with E-state index in [1.54, 1.807) is 0 Å². The normalized spacial score (nSPS) is 9.55. The second-order valence-electron chi connectivity index (χ2n) is 2.45. The van der Waals surface area contributed by atoms with Crippen molar-refractivity contribution in [2.45, 2.75) is 13.3 Å². The molecule has 0 unspecified atom stereocenters. The molecule has 0 atom stereocenters. The Morgan fingerprint density at radius 3 is 2.45 bits per heavy atom. The Morgan fingerprint density at radius 1 is 1.27 bits per heavy atom. The van der Waals surface area contributed by atoms with Crippen molar-refractivity contribution in [1.82, 2.24) is 0 Å². The molecule has 0 nitrogen and oxygen atoms in total. The molecule has 0 saturated carbocycles. The number of hydrogen-bond acceptors (Lipinski definition) is 0. The van der Waals surface area contributed by atoms with E-state index in [4.69, 9.17) is 0 Å². The summed E-state index contributed by atoms with van der Waals surface area (Å²) < 4.78 is 0. The monoisotopic (exact) mass is 145 g/mol. The van der Waals surface area contributed by atoms with Gasteiger partial charge in [0, 0.05) is 0 Å². The fraction of sp³-hybridized carbons (Fsp3) is 0.182. The van der Waals surface area contributed by atoms with E-state index in [9.17, 15) is 0 Å². The Labute approximate surface area is 68.6 Å². The second kappa shape index (κ2) is 3.97. The summed E-state index contributed by atoms with van der Waals surface area (Å²) in [4.78, 5) is 0. The van der Waals surface area contributed by atoms with Crippen LogP contribution in [0.3, 0.4) is 0 Å². The van der Waals surface area contributed by atoms with Crippen LogP contribution in [0.25, 0.3) is 6.08 Å². The van der Waals surface area contributed by atoms with Gasteiger partial charge in [-0.3, -0.25) is 0 Å². The van der Waals surface area contributed by atoms with Crippen LogP contribution in [0.15, 0.2) is 30.8 Å². The highest BCUT2D eigenvalue weighted by molar-refractivity contribution is 5.53.